The number of ether oxygens (including phenoxy) is 2. The van der Waals surface area contributed by atoms with Crippen LogP contribution in [0, 0.1) is 5.92 Å². The standard InChI is InChI=1S/C8H13NO4/c1-12-8(11)7(10)9-4-6-2-3-13-5-6/h6H,2-5H2,1H3,(H,9,10). The van der Waals surface area contributed by atoms with Gasteiger partial charge in [0.25, 0.3) is 0 Å². The van der Waals surface area contributed by atoms with Gasteiger partial charge >= 0.3 is 11.9 Å². The maximum absolute atomic E-state index is 10.9. The first kappa shape index (κ1) is 9.98. The van der Waals surface area contributed by atoms with Crippen molar-refractivity contribution in [3.63, 3.8) is 0 Å². The summed E-state index contributed by atoms with van der Waals surface area (Å²) in [7, 11) is 1.18. The molecule has 0 aromatic heterocycles. The fourth-order valence-corrected chi connectivity index (χ4v) is 1.15. The Morgan fingerprint density at radius 2 is 2.38 bits per heavy atom. The van der Waals surface area contributed by atoms with Gasteiger partial charge in [0.2, 0.25) is 0 Å². The van der Waals surface area contributed by atoms with Crippen molar-refractivity contribution in [2.75, 3.05) is 26.9 Å². The van der Waals surface area contributed by atoms with Crippen LogP contribution in [-0.2, 0) is 19.1 Å². The molecule has 0 bridgehead atoms. The third-order valence-electron chi connectivity index (χ3n) is 1.95. The first-order valence-corrected chi connectivity index (χ1v) is 4.18. The second kappa shape index (κ2) is 4.81. The van der Waals surface area contributed by atoms with Gasteiger partial charge in [0.05, 0.1) is 13.7 Å². The van der Waals surface area contributed by atoms with E-state index in [4.69, 9.17) is 4.74 Å². The van der Waals surface area contributed by atoms with Crippen LogP contribution in [0.3, 0.4) is 0 Å². The molecule has 0 aliphatic carbocycles. The molecule has 74 valence electrons. The molecule has 1 aliphatic rings. The molecular formula is C8H13NO4. The van der Waals surface area contributed by atoms with Crippen LogP contribution in [0.4, 0.5) is 0 Å². The summed E-state index contributed by atoms with van der Waals surface area (Å²) in [6, 6.07) is 0. The summed E-state index contributed by atoms with van der Waals surface area (Å²) >= 11 is 0. The van der Waals surface area contributed by atoms with E-state index in [1.54, 1.807) is 0 Å². The molecule has 5 nitrogen and oxygen atoms in total. The minimum absolute atomic E-state index is 0.327. The minimum Gasteiger partial charge on any atom is -0.462 e. The molecule has 1 amide bonds. The summed E-state index contributed by atoms with van der Waals surface area (Å²) in [6.07, 6.45) is 0.932. The summed E-state index contributed by atoms with van der Waals surface area (Å²) in [6.45, 7) is 1.87. The molecule has 13 heavy (non-hydrogen) atoms. The van der Waals surface area contributed by atoms with Crippen LogP contribution < -0.4 is 5.32 Å². The van der Waals surface area contributed by atoms with Crippen molar-refractivity contribution in [3.8, 4) is 0 Å². The number of hydrogen-bond donors (Lipinski definition) is 1. The lowest BCUT2D eigenvalue weighted by molar-refractivity contribution is -0.152. The third-order valence-corrected chi connectivity index (χ3v) is 1.95. The molecule has 1 rings (SSSR count). The smallest absolute Gasteiger partial charge is 0.396 e. The second-order valence-corrected chi connectivity index (χ2v) is 2.93. The summed E-state index contributed by atoms with van der Waals surface area (Å²) in [4.78, 5) is 21.6. The molecule has 1 aliphatic heterocycles. The van der Waals surface area contributed by atoms with E-state index in [0.717, 1.165) is 13.0 Å². The molecule has 1 unspecified atom stereocenters. The van der Waals surface area contributed by atoms with Gasteiger partial charge in [-0.2, -0.15) is 0 Å². The summed E-state index contributed by atoms with van der Waals surface area (Å²) in [5, 5.41) is 2.48. The Bertz CT molecular complexity index is 198. The Morgan fingerprint density at radius 3 is 2.92 bits per heavy atom. The van der Waals surface area contributed by atoms with Gasteiger partial charge in [-0.1, -0.05) is 0 Å². The molecule has 0 aromatic carbocycles. The maximum atomic E-state index is 10.9. The first-order chi connectivity index (χ1) is 6.24. The number of nitrogens with one attached hydrogen (secondary N) is 1. The highest BCUT2D eigenvalue weighted by atomic mass is 16.5. The van der Waals surface area contributed by atoms with Gasteiger partial charge in [0.1, 0.15) is 0 Å². The van der Waals surface area contributed by atoms with Gasteiger partial charge in [-0.15, -0.1) is 0 Å². The number of carbonyl (C=O) groups is 2. The molecule has 1 atom stereocenters. The Labute approximate surface area is 76.4 Å². The lowest BCUT2D eigenvalue weighted by Crippen LogP contribution is -2.35. The van der Waals surface area contributed by atoms with Gasteiger partial charge in [-0.25, -0.2) is 4.79 Å². The number of hydrogen-bond acceptors (Lipinski definition) is 4. The molecule has 0 spiro atoms. The van der Waals surface area contributed by atoms with Crippen LogP contribution in [0.2, 0.25) is 0 Å². The SMILES string of the molecule is COC(=O)C(=O)NCC1CCOC1. The monoisotopic (exact) mass is 187 g/mol. The fraction of sp³-hybridized carbons (Fsp3) is 0.750. The highest BCUT2D eigenvalue weighted by Crippen LogP contribution is 2.10. The quantitative estimate of drug-likeness (QED) is 0.459. The van der Waals surface area contributed by atoms with Crippen LogP contribution in [0.5, 0.6) is 0 Å². The van der Waals surface area contributed by atoms with E-state index in [1.807, 2.05) is 0 Å². The molecule has 0 radical (unpaired) electrons. The number of carbonyl (C=O) groups excluding carboxylic acids is 2. The topological polar surface area (TPSA) is 64.6 Å². The van der Waals surface area contributed by atoms with Gasteiger partial charge in [0.15, 0.2) is 0 Å². The van der Waals surface area contributed by atoms with Gasteiger partial charge in [0, 0.05) is 19.1 Å². The zero-order valence-electron chi connectivity index (χ0n) is 7.54. The Morgan fingerprint density at radius 1 is 1.62 bits per heavy atom. The van der Waals surface area contributed by atoms with E-state index in [0.29, 0.717) is 19.1 Å². The Hall–Kier alpha value is -1.10. The molecule has 1 fully saturated rings. The van der Waals surface area contributed by atoms with Crippen LogP contribution >= 0.6 is 0 Å². The van der Waals surface area contributed by atoms with Crippen LogP contribution in [-0.4, -0.2) is 38.7 Å². The summed E-state index contributed by atoms with van der Waals surface area (Å²) < 4.78 is 9.35. The van der Waals surface area contributed by atoms with Crippen molar-refractivity contribution in [3.05, 3.63) is 0 Å². The largest absolute Gasteiger partial charge is 0.462 e. The number of esters is 1. The lowest BCUT2D eigenvalue weighted by Gasteiger charge is -2.07. The summed E-state index contributed by atoms with van der Waals surface area (Å²) in [5.41, 5.74) is 0. The van der Waals surface area contributed by atoms with E-state index in [2.05, 4.69) is 10.1 Å². The number of methoxy groups -OCH3 is 1. The van der Waals surface area contributed by atoms with Gasteiger partial charge in [-0.05, 0) is 6.42 Å². The van der Waals surface area contributed by atoms with E-state index >= 15 is 0 Å². The van der Waals surface area contributed by atoms with Crippen molar-refractivity contribution < 1.29 is 19.1 Å². The van der Waals surface area contributed by atoms with Crippen LogP contribution in [0.1, 0.15) is 6.42 Å². The van der Waals surface area contributed by atoms with Gasteiger partial charge < -0.3 is 14.8 Å². The lowest BCUT2D eigenvalue weighted by atomic mass is 10.1. The molecular weight excluding hydrogens is 174 g/mol. The van der Waals surface area contributed by atoms with Crippen molar-refractivity contribution in [1.82, 2.24) is 5.32 Å². The predicted molar refractivity (Wildman–Crippen MR) is 44.0 cm³/mol. The fourth-order valence-electron chi connectivity index (χ4n) is 1.15. The van der Waals surface area contributed by atoms with E-state index < -0.39 is 11.9 Å². The van der Waals surface area contributed by atoms with Gasteiger partial charge in [-0.3, -0.25) is 4.79 Å². The van der Waals surface area contributed by atoms with Crippen molar-refractivity contribution in [2.45, 2.75) is 6.42 Å². The van der Waals surface area contributed by atoms with Crippen molar-refractivity contribution in [1.29, 1.82) is 0 Å². The van der Waals surface area contributed by atoms with E-state index in [9.17, 15) is 9.59 Å². The molecule has 5 heteroatoms. The normalized spacial score (nSPS) is 21.2. The third kappa shape index (κ3) is 3.02. The second-order valence-electron chi connectivity index (χ2n) is 2.93. The van der Waals surface area contributed by atoms with E-state index in [1.165, 1.54) is 7.11 Å². The molecule has 1 heterocycles. The zero-order chi connectivity index (χ0) is 9.68. The number of rotatable bonds is 2. The molecule has 0 saturated carbocycles. The Kier molecular flexibility index (Phi) is 3.70. The molecule has 1 saturated heterocycles. The van der Waals surface area contributed by atoms with Crippen molar-refractivity contribution >= 4 is 11.9 Å². The minimum atomic E-state index is -0.848. The predicted octanol–water partition coefficient (Wildman–Crippen LogP) is -0.688. The highest BCUT2D eigenvalue weighted by Gasteiger charge is 2.19. The first-order valence-electron chi connectivity index (χ1n) is 4.18. The van der Waals surface area contributed by atoms with Crippen molar-refractivity contribution in [2.24, 2.45) is 5.92 Å². The average molecular weight is 187 g/mol. The zero-order valence-corrected chi connectivity index (χ0v) is 7.54. The number of amides is 1. The summed E-state index contributed by atoms with van der Waals surface area (Å²) in [5.74, 6) is -1.21. The van der Waals surface area contributed by atoms with Crippen LogP contribution in [0.25, 0.3) is 0 Å². The van der Waals surface area contributed by atoms with Crippen LogP contribution in [0.15, 0.2) is 0 Å². The maximum Gasteiger partial charge on any atom is 0.396 e. The Balaban J connectivity index is 2.17. The molecule has 0 aromatic rings. The highest BCUT2D eigenvalue weighted by molar-refractivity contribution is 6.32. The molecule has 1 N–H and O–H groups in total. The van der Waals surface area contributed by atoms with E-state index in [-0.39, 0.29) is 0 Å². The average Bonchev–Trinajstić information content (AvgIpc) is 2.65.